The highest BCUT2D eigenvalue weighted by Gasteiger charge is 2.29. The maximum atomic E-state index is 11.0. The fourth-order valence-corrected chi connectivity index (χ4v) is 4.40. The zero-order chi connectivity index (χ0) is 23.7. The number of unbranched alkanes of at least 4 members (excludes halogenated alkanes) is 1. The van der Waals surface area contributed by atoms with Gasteiger partial charge in [-0.15, -0.1) is 0 Å². The Morgan fingerprint density at radius 2 is 1.53 bits per heavy atom. The average molecular weight is 441 g/mol. The van der Waals surface area contributed by atoms with Gasteiger partial charge in [0, 0.05) is 20.0 Å². The van der Waals surface area contributed by atoms with Gasteiger partial charge in [-0.25, -0.2) is 0 Å². The van der Waals surface area contributed by atoms with Crippen LogP contribution in [0.15, 0.2) is 48.5 Å². The van der Waals surface area contributed by atoms with E-state index in [1.807, 2.05) is 24.3 Å². The predicted molar refractivity (Wildman–Crippen MR) is 127 cm³/mol. The summed E-state index contributed by atoms with van der Waals surface area (Å²) in [4.78, 5) is 21.8. The third-order valence-electron chi connectivity index (χ3n) is 6.14. The fraction of sp³-hybridized carbons (Fsp3) is 0.481. The lowest BCUT2D eigenvalue weighted by Gasteiger charge is -2.25. The van der Waals surface area contributed by atoms with E-state index in [2.05, 4.69) is 38.1 Å². The van der Waals surface area contributed by atoms with E-state index in [0.717, 1.165) is 19.3 Å². The summed E-state index contributed by atoms with van der Waals surface area (Å²) in [6, 6.07) is 16.6. The zero-order valence-electron chi connectivity index (χ0n) is 19.8. The van der Waals surface area contributed by atoms with Gasteiger partial charge in [-0.1, -0.05) is 75.2 Å². The van der Waals surface area contributed by atoms with Crippen molar-refractivity contribution in [2.75, 3.05) is 13.7 Å². The lowest BCUT2D eigenvalue weighted by Crippen LogP contribution is -2.33. The van der Waals surface area contributed by atoms with Crippen LogP contribution in [0.4, 0.5) is 0 Å². The molecule has 0 heterocycles. The number of ether oxygens (including phenoxy) is 2. The second kappa shape index (κ2) is 12.4. The van der Waals surface area contributed by atoms with Crippen molar-refractivity contribution < 1.29 is 24.2 Å². The summed E-state index contributed by atoms with van der Waals surface area (Å²) in [6.45, 7) is 7.77. The third kappa shape index (κ3) is 6.42. The summed E-state index contributed by atoms with van der Waals surface area (Å²) in [5.41, 5.74) is 5.01. The van der Waals surface area contributed by atoms with Gasteiger partial charge in [0.15, 0.2) is 0 Å². The Kier molecular flexibility index (Phi) is 9.92. The van der Waals surface area contributed by atoms with Crippen LogP contribution in [0, 0.1) is 11.8 Å². The fourth-order valence-electron chi connectivity index (χ4n) is 4.40. The van der Waals surface area contributed by atoms with Crippen LogP contribution >= 0.6 is 0 Å². The number of aliphatic carboxylic acids is 1. The van der Waals surface area contributed by atoms with Gasteiger partial charge in [0.2, 0.25) is 0 Å². The highest BCUT2D eigenvalue weighted by molar-refractivity contribution is 5.79. The average Bonchev–Trinajstić information content (AvgIpc) is 3.10. The Morgan fingerprint density at radius 1 is 1.00 bits per heavy atom. The highest BCUT2D eigenvalue weighted by atomic mass is 16.5. The first-order chi connectivity index (χ1) is 15.3. The molecule has 0 radical (unpaired) electrons. The summed E-state index contributed by atoms with van der Waals surface area (Å²) < 4.78 is 10.5. The van der Waals surface area contributed by atoms with Crippen molar-refractivity contribution in [2.24, 2.45) is 11.8 Å². The topological polar surface area (TPSA) is 72.8 Å². The van der Waals surface area contributed by atoms with E-state index in [4.69, 9.17) is 14.6 Å². The van der Waals surface area contributed by atoms with Crippen LogP contribution < -0.4 is 0 Å². The second-order valence-electron chi connectivity index (χ2n) is 8.48. The zero-order valence-corrected chi connectivity index (χ0v) is 19.8. The summed E-state index contributed by atoms with van der Waals surface area (Å²) in [5, 5.41) is 8.88. The van der Waals surface area contributed by atoms with Gasteiger partial charge in [0.05, 0.1) is 12.0 Å². The molecule has 2 aromatic carbocycles. The van der Waals surface area contributed by atoms with E-state index in [1.165, 1.54) is 29.2 Å². The summed E-state index contributed by atoms with van der Waals surface area (Å²) in [6.07, 6.45) is 3.14. The van der Waals surface area contributed by atoms with Gasteiger partial charge in [0.1, 0.15) is 6.61 Å². The minimum atomic E-state index is -0.778. The van der Waals surface area contributed by atoms with Crippen LogP contribution in [-0.4, -0.2) is 36.9 Å². The van der Waals surface area contributed by atoms with Crippen LogP contribution in [0.2, 0.25) is 0 Å². The Hall–Kier alpha value is -2.66. The van der Waals surface area contributed by atoms with Crippen molar-refractivity contribution in [2.45, 2.75) is 59.0 Å². The monoisotopic (exact) mass is 440 g/mol. The molecule has 1 aliphatic carbocycles. The van der Waals surface area contributed by atoms with E-state index in [0.29, 0.717) is 12.5 Å². The number of carboxylic acids is 1. The Labute approximate surface area is 191 Å². The first-order valence-electron chi connectivity index (χ1n) is 11.4. The molecule has 0 saturated carbocycles. The highest BCUT2D eigenvalue weighted by Crippen LogP contribution is 2.44. The lowest BCUT2D eigenvalue weighted by atomic mass is 9.89. The van der Waals surface area contributed by atoms with Crippen molar-refractivity contribution in [3.8, 4) is 11.1 Å². The van der Waals surface area contributed by atoms with E-state index >= 15 is 0 Å². The molecule has 1 N–H and O–H groups in total. The standard InChI is InChI=1S/C16H14O2.C11H22O3/c1-11(17)18-10-16-14-8-4-2-6-12(14)13-7-3-5-9-15(13)16;1-5-6-7-8(2)10(14-4)9(3)11(12)13/h2-9,16H,10H2,1H3;8-10H,5-7H2,1-4H3,(H,12,13). The third-order valence-corrected chi connectivity index (χ3v) is 6.14. The van der Waals surface area contributed by atoms with Gasteiger partial charge in [-0.3, -0.25) is 9.59 Å². The summed E-state index contributed by atoms with van der Waals surface area (Å²) >= 11 is 0. The van der Waals surface area contributed by atoms with Crippen molar-refractivity contribution in [3.05, 3.63) is 59.7 Å². The number of carbonyl (C=O) groups excluding carboxylic acids is 1. The predicted octanol–water partition coefficient (Wildman–Crippen LogP) is 5.91. The molecule has 0 aliphatic heterocycles. The molecule has 3 unspecified atom stereocenters. The maximum absolute atomic E-state index is 11.0. The Bertz CT molecular complexity index is 846. The smallest absolute Gasteiger partial charge is 0.308 e. The van der Waals surface area contributed by atoms with Gasteiger partial charge >= 0.3 is 11.9 Å². The molecule has 174 valence electrons. The van der Waals surface area contributed by atoms with Gasteiger partial charge in [-0.2, -0.15) is 0 Å². The number of carboxylic acid groups (broad SMARTS) is 1. The number of carbonyl (C=O) groups is 2. The molecule has 0 fully saturated rings. The van der Waals surface area contributed by atoms with Crippen molar-refractivity contribution in [1.29, 1.82) is 0 Å². The molecule has 0 spiro atoms. The quantitative estimate of drug-likeness (QED) is 0.491. The number of esters is 1. The summed E-state index contributed by atoms with van der Waals surface area (Å²) in [7, 11) is 1.59. The van der Waals surface area contributed by atoms with Crippen LogP contribution in [-0.2, 0) is 19.1 Å². The summed E-state index contributed by atoms with van der Waals surface area (Å²) in [5.74, 6) is -0.948. The first kappa shape index (κ1) is 25.6. The number of hydrogen-bond acceptors (Lipinski definition) is 4. The SMILES string of the molecule is CC(=O)OCC1c2ccccc2-c2ccccc21.CCCCC(C)C(OC)C(C)C(=O)O. The van der Waals surface area contributed by atoms with Crippen LogP contribution in [0.5, 0.6) is 0 Å². The molecule has 0 aromatic heterocycles. The molecule has 5 nitrogen and oxygen atoms in total. The van der Waals surface area contributed by atoms with Gasteiger partial charge in [0.25, 0.3) is 0 Å². The van der Waals surface area contributed by atoms with Crippen LogP contribution in [0.25, 0.3) is 11.1 Å². The molecule has 1 aliphatic rings. The molecule has 32 heavy (non-hydrogen) atoms. The van der Waals surface area contributed by atoms with E-state index in [9.17, 15) is 9.59 Å². The van der Waals surface area contributed by atoms with Crippen LogP contribution in [0.1, 0.15) is 64.0 Å². The minimum Gasteiger partial charge on any atom is -0.481 e. The Balaban J connectivity index is 0.000000237. The Morgan fingerprint density at radius 3 is 1.97 bits per heavy atom. The molecular weight excluding hydrogens is 404 g/mol. The number of fused-ring (bicyclic) bond motifs is 3. The van der Waals surface area contributed by atoms with Crippen molar-refractivity contribution in [3.63, 3.8) is 0 Å². The number of benzene rings is 2. The van der Waals surface area contributed by atoms with Gasteiger partial charge in [-0.05, 0) is 41.5 Å². The van der Waals surface area contributed by atoms with E-state index < -0.39 is 11.9 Å². The second-order valence-corrected chi connectivity index (χ2v) is 8.48. The van der Waals surface area contributed by atoms with Gasteiger partial charge < -0.3 is 14.6 Å². The van der Waals surface area contributed by atoms with E-state index in [-0.39, 0.29) is 18.0 Å². The normalized spacial score (nSPS) is 14.9. The minimum absolute atomic E-state index is 0.168. The molecule has 0 amide bonds. The van der Waals surface area contributed by atoms with Crippen LogP contribution in [0.3, 0.4) is 0 Å². The molecule has 0 bridgehead atoms. The number of hydrogen-bond donors (Lipinski definition) is 1. The molecule has 0 saturated heterocycles. The largest absolute Gasteiger partial charge is 0.481 e. The molecular formula is C27H36O5. The first-order valence-corrected chi connectivity index (χ1v) is 11.4. The maximum Gasteiger partial charge on any atom is 0.308 e. The molecule has 2 aromatic rings. The van der Waals surface area contributed by atoms with Crippen molar-refractivity contribution in [1.82, 2.24) is 0 Å². The molecule has 3 atom stereocenters. The molecule has 5 heteroatoms. The van der Waals surface area contributed by atoms with E-state index in [1.54, 1.807) is 14.0 Å². The molecule has 3 rings (SSSR count). The number of methoxy groups -OCH3 is 1. The lowest BCUT2D eigenvalue weighted by molar-refractivity contribution is -0.147. The number of rotatable bonds is 9. The van der Waals surface area contributed by atoms with Crippen molar-refractivity contribution >= 4 is 11.9 Å².